The average Bonchev–Trinajstić information content (AvgIpc) is 2.64. The van der Waals surface area contributed by atoms with Gasteiger partial charge in [-0.05, 0) is 67.8 Å². The molecule has 1 heteroatoms. The lowest BCUT2D eigenvalue weighted by Crippen LogP contribution is -2.25. The van der Waals surface area contributed by atoms with E-state index in [1.54, 1.807) is 10.8 Å². The van der Waals surface area contributed by atoms with Gasteiger partial charge in [-0.1, -0.05) is 75.0 Å². The second-order valence-electron chi connectivity index (χ2n) is 8.67. The highest BCUT2D eigenvalue weighted by atomic mass is 28.2. The summed E-state index contributed by atoms with van der Waals surface area (Å²) in [5.74, 6) is 4.04. The molecule has 0 aromatic heterocycles. The highest BCUT2D eigenvalue weighted by molar-refractivity contribution is 6.53. The molecule has 1 aromatic rings. The molecule has 134 valence electrons. The van der Waals surface area contributed by atoms with Crippen molar-refractivity contribution in [2.45, 2.75) is 90.0 Å². The molecule has 0 unspecified atom stereocenters. The van der Waals surface area contributed by atoms with E-state index in [-0.39, 0.29) is 9.52 Å². The Labute approximate surface area is 152 Å². The van der Waals surface area contributed by atoms with Crippen LogP contribution in [0.3, 0.4) is 0 Å². The van der Waals surface area contributed by atoms with Crippen molar-refractivity contribution in [1.29, 1.82) is 0 Å². The average molecular weight is 343 g/mol. The quantitative estimate of drug-likeness (QED) is 0.573. The zero-order valence-electron chi connectivity index (χ0n) is 16.1. The second-order valence-corrected chi connectivity index (χ2v) is 11.0. The summed E-state index contributed by atoms with van der Waals surface area (Å²) in [5.41, 5.74) is 1.63. The second kappa shape index (κ2) is 9.22. The first kappa shape index (κ1) is 18.2. The van der Waals surface area contributed by atoms with Gasteiger partial charge >= 0.3 is 0 Å². The van der Waals surface area contributed by atoms with E-state index in [0.717, 1.165) is 23.7 Å². The van der Waals surface area contributed by atoms with Gasteiger partial charge in [0.15, 0.2) is 0 Å². The maximum absolute atomic E-state index is 2.46. The van der Waals surface area contributed by atoms with Crippen LogP contribution >= 0.6 is 0 Å². The molecule has 2 aliphatic carbocycles. The van der Waals surface area contributed by atoms with Crippen LogP contribution in [0.15, 0.2) is 24.3 Å². The van der Waals surface area contributed by atoms with Gasteiger partial charge in [-0.15, -0.1) is 0 Å². The van der Waals surface area contributed by atoms with Crippen molar-refractivity contribution in [2.75, 3.05) is 0 Å². The molecule has 2 fully saturated rings. The zero-order valence-corrected chi connectivity index (χ0v) is 17.5. The molecule has 0 nitrogen and oxygen atoms in total. The lowest BCUT2D eigenvalue weighted by atomic mass is 9.68. The van der Waals surface area contributed by atoms with Crippen molar-refractivity contribution in [1.82, 2.24) is 0 Å². The molecule has 0 bridgehead atoms. The minimum atomic E-state index is 0.0242. The third kappa shape index (κ3) is 4.75. The first-order valence-corrected chi connectivity index (χ1v) is 12.6. The smallest absolute Gasteiger partial charge is 0.0544 e. The van der Waals surface area contributed by atoms with E-state index in [9.17, 15) is 0 Å². The molecule has 0 aliphatic heterocycles. The van der Waals surface area contributed by atoms with E-state index in [2.05, 4.69) is 38.1 Å². The maximum atomic E-state index is 2.46. The van der Waals surface area contributed by atoms with Crippen molar-refractivity contribution in [3.05, 3.63) is 29.8 Å². The monoisotopic (exact) mass is 342 g/mol. The molecule has 0 N–H and O–H groups in total. The van der Waals surface area contributed by atoms with Crippen LogP contribution in [-0.4, -0.2) is 9.52 Å². The molecule has 0 spiro atoms. The summed E-state index contributed by atoms with van der Waals surface area (Å²) >= 11 is 0. The largest absolute Gasteiger partial charge is 0.0680 e. The van der Waals surface area contributed by atoms with Crippen LogP contribution < -0.4 is 5.19 Å². The summed E-state index contributed by atoms with van der Waals surface area (Å²) in [4.78, 5) is 0. The normalized spacial score (nSPS) is 31.6. The molecule has 0 heterocycles. The number of hydrogen-bond donors (Lipinski definition) is 0. The Kier molecular flexibility index (Phi) is 7.01. The molecule has 0 saturated heterocycles. The van der Waals surface area contributed by atoms with Crippen molar-refractivity contribution in [2.24, 2.45) is 17.8 Å². The summed E-state index contributed by atoms with van der Waals surface area (Å²) in [6, 6.07) is 11.2. The van der Waals surface area contributed by atoms with Crippen LogP contribution in [0.25, 0.3) is 0 Å². The van der Waals surface area contributed by atoms with Crippen LogP contribution in [0, 0.1) is 17.8 Å². The highest BCUT2D eigenvalue weighted by Crippen LogP contribution is 2.44. The van der Waals surface area contributed by atoms with Gasteiger partial charge in [-0.3, -0.25) is 0 Å². The zero-order chi connectivity index (χ0) is 16.8. The standard InChI is InChI=1S/C23H38Si/c1-3-5-18-6-8-19(9-7-18)20-10-12-21(13-11-20)22-14-16-23(17-15-22)24-4-2/h14-21H,3-13,24H2,1-2H3/t18-,19-,20?,21?. The van der Waals surface area contributed by atoms with E-state index in [0.29, 0.717) is 0 Å². The van der Waals surface area contributed by atoms with Gasteiger partial charge in [0, 0.05) is 0 Å². The summed E-state index contributed by atoms with van der Waals surface area (Å²) in [6.07, 6.45) is 14.9. The molecule has 24 heavy (non-hydrogen) atoms. The van der Waals surface area contributed by atoms with E-state index in [1.165, 1.54) is 70.3 Å². The van der Waals surface area contributed by atoms with Crippen molar-refractivity contribution in [3.63, 3.8) is 0 Å². The number of hydrogen-bond acceptors (Lipinski definition) is 0. The van der Waals surface area contributed by atoms with Crippen LogP contribution in [0.4, 0.5) is 0 Å². The molecule has 0 amide bonds. The lowest BCUT2D eigenvalue weighted by Gasteiger charge is -2.38. The molecule has 1 aromatic carbocycles. The lowest BCUT2D eigenvalue weighted by molar-refractivity contribution is 0.156. The Morgan fingerprint density at radius 1 is 0.792 bits per heavy atom. The Balaban J connectivity index is 1.45. The summed E-state index contributed by atoms with van der Waals surface area (Å²) in [7, 11) is 0.0242. The van der Waals surface area contributed by atoms with Gasteiger partial charge in [-0.2, -0.15) is 0 Å². The minimum absolute atomic E-state index is 0.0242. The van der Waals surface area contributed by atoms with Crippen molar-refractivity contribution in [3.8, 4) is 0 Å². The third-order valence-electron chi connectivity index (χ3n) is 7.02. The van der Waals surface area contributed by atoms with Gasteiger partial charge < -0.3 is 0 Å². The van der Waals surface area contributed by atoms with Crippen LogP contribution in [-0.2, 0) is 0 Å². The van der Waals surface area contributed by atoms with Crippen LogP contribution in [0.1, 0.15) is 89.5 Å². The molecule has 0 radical (unpaired) electrons. The summed E-state index contributed by atoms with van der Waals surface area (Å²) < 4.78 is 0. The fourth-order valence-corrected chi connectivity index (χ4v) is 6.67. The Morgan fingerprint density at radius 2 is 1.38 bits per heavy atom. The van der Waals surface area contributed by atoms with E-state index in [1.807, 2.05) is 0 Å². The predicted octanol–water partition coefficient (Wildman–Crippen LogP) is 5.80. The first-order chi connectivity index (χ1) is 11.8. The fourth-order valence-electron chi connectivity index (χ4n) is 5.53. The molecular formula is C23H38Si. The maximum Gasteiger partial charge on any atom is 0.0544 e. The molecule has 2 saturated carbocycles. The van der Waals surface area contributed by atoms with Gasteiger partial charge in [0.2, 0.25) is 0 Å². The number of rotatable bonds is 6. The van der Waals surface area contributed by atoms with E-state index in [4.69, 9.17) is 0 Å². The third-order valence-corrected chi connectivity index (χ3v) is 8.57. The molecule has 2 aliphatic rings. The summed E-state index contributed by atoms with van der Waals surface area (Å²) in [5, 5.41) is 1.65. The Hall–Kier alpha value is -0.563. The fraction of sp³-hybridized carbons (Fsp3) is 0.739. The number of benzene rings is 1. The van der Waals surface area contributed by atoms with Gasteiger partial charge in [0.25, 0.3) is 0 Å². The summed E-state index contributed by atoms with van der Waals surface area (Å²) in [6.45, 7) is 4.68. The topological polar surface area (TPSA) is 0 Å². The van der Waals surface area contributed by atoms with Crippen LogP contribution in [0.5, 0.6) is 0 Å². The van der Waals surface area contributed by atoms with Crippen molar-refractivity contribution < 1.29 is 0 Å². The van der Waals surface area contributed by atoms with Gasteiger partial charge in [0.1, 0.15) is 0 Å². The Morgan fingerprint density at radius 3 is 1.92 bits per heavy atom. The van der Waals surface area contributed by atoms with E-state index >= 15 is 0 Å². The predicted molar refractivity (Wildman–Crippen MR) is 110 cm³/mol. The molecule has 0 atom stereocenters. The first-order valence-electron chi connectivity index (χ1n) is 10.9. The van der Waals surface area contributed by atoms with Crippen molar-refractivity contribution >= 4 is 14.7 Å². The minimum Gasteiger partial charge on any atom is -0.0680 e. The van der Waals surface area contributed by atoms with Gasteiger partial charge in [0.05, 0.1) is 9.52 Å². The molecular weight excluding hydrogens is 304 g/mol. The van der Waals surface area contributed by atoms with Gasteiger partial charge in [-0.25, -0.2) is 0 Å². The van der Waals surface area contributed by atoms with E-state index < -0.39 is 0 Å². The SMILES string of the molecule is CCC[C@H]1CC[C@H](C2CCC(c3ccc([SiH2]CC)cc3)CC2)CC1. The van der Waals surface area contributed by atoms with Crippen LogP contribution in [0.2, 0.25) is 6.04 Å². The Bertz CT molecular complexity index is 461. The molecule has 3 rings (SSSR count). The highest BCUT2D eigenvalue weighted by Gasteiger charge is 2.30.